The fourth-order valence-corrected chi connectivity index (χ4v) is 4.38. The minimum atomic E-state index is -0.466. The molecule has 0 aliphatic rings. The molecule has 3 nitrogen and oxygen atoms in total. The largest absolute Gasteiger partial charge is 0.390 e. The fourth-order valence-electron chi connectivity index (χ4n) is 3.40. The van der Waals surface area contributed by atoms with Crippen LogP contribution in [0.15, 0.2) is 61.7 Å². The zero-order chi connectivity index (χ0) is 18.7. The fraction of sp³-hybridized carbons (Fsp3) is 0.238. The van der Waals surface area contributed by atoms with E-state index in [1.54, 1.807) is 0 Å². The molecule has 1 aromatic heterocycles. The Morgan fingerprint density at radius 2 is 1.46 bits per heavy atom. The van der Waals surface area contributed by atoms with E-state index in [9.17, 15) is 5.11 Å². The number of halogens is 2. The Kier molecular flexibility index (Phi) is 6.76. The minimum absolute atomic E-state index is 0.466. The SMILES string of the molecule is C=CCN(CC=C)C[C@H](O)Cn1c2ccc(I)cc2c2cc(I)ccc21. The Bertz CT molecular complexity index is 879. The van der Waals surface area contributed by atoms with Crippen LogP contribution in [0.3, 0.4) is 0 Å². The molecule has 0 aliphatic heterocycles. The monoisotopic (exact) mass is 572 g/mol. The predicted molar refractivity (Wildman–Crippen MR) is 128 cm³/mol. The highest BCUT2D eigenvalue weighted by Gasteiger charge is 2.16. The van der Waals surface area contributed by atoms with Crippen LogP contribution in [0.4, 0.5) is 0 Å². The van der Waals surface area contributed by atoms with E-state index >= 15 is 0 Å². The van der Waals surface area contributed by atoms with Crippen molar-refractivity contribution < 1.29 is 5.11 Å². The third kappa shape index (κ3) is 4.32. The first-order chi connectivity index (χ1) is 12.5. The molecule has 0 spiro atoms. The maximum Gasteiger partial charge on any atom is 0.0846 e. The summed E-state index contributed by atoms with van der Waals surface area (Å²) in [4.78, 5) is 2.14. The average molecular weight is 572 g/mol. The molecule has 0 unspecified atom stereocenters. The lowest BCUT2D eigenvalue weighted by Crippen LogP contribution is -2.35. The second-order valence-electron chi connectivity index (χ2n) is 6.38. The van der Waals surface area contributed by atoms with Gasteiger partial charge < -0.3 is 9.67 Å². The molecule has 0 saturated heterocycles. The number of fused-ring (bicyclic) bond motifs is 3. The number of rotatable bonds is 8. The molecule has 1 heterocycles. The second-order valence-corrected chi connectivity index (χ2v) is 8.87. The number of hydrogen-bond acceptors (Lipinski definition) is 2. The van der Waals surface area contributed by atoms with E-state index in [1.165, 1.54) is 28.9 Å². The Hall–Kier alpha value is -0.900. The summed E-state index contributed by atoms with van der Waals surface area (Å²) in [5, 5.41) is 13.2. The van der Waals surface area contributed by atoms with Gasteiger partial charge in [0.05, 0.1) is 12.6 Å². The van der Waals surface area contributed by atoms with Crippen molar-refractivity contribution in [2.24, 2.45) is 0 Å². The maximum absolute atomic E-state index is 10.7. The van der Waals surface area contributed by atoms with E-state index in [4.69, 9.17) is 0 Å². The van der Waals surface area contributed by atoms with E-state index in [0.29, 0.717) is 13.1 Å². The number of aromatic nitrogens is 1. The van der Waals surface area contributed by atoms with E-state index in [2.05, 4.69) is 104 Å². The molecule has 1 N–H and O–H groups in total. The molecule has 26 heavy (non-hydrogen) atoms. The molecule has 3 rings (SSSR count). The quantitative estimate of drug-likeness (QED) is 0.303. The van der Waals surface area contributed by atoms with Gasteiger partial charge in [-0.15, -0.1) is 13.2 Å². The van der Waals surface area contributed by atoms with Crippen LogP contribution in [0.2, 0.25) is 0 Å². The molecule has 2 aromatic carbocycles. The van der Waals surface area contributed by atoms with E-state index in [1.807, 2.05) is 12.2 Å². The van der Waals surface area contributed by atoms with Gasteiger partial charge in [0, 0.05) is 48.6 Å². The van der Waals surface area contributed by atoms with Crippen molar-refractivity contribution in [3.8, 4) is 0 Å². The molecule has 5 heteroatoms. The molecule has 3 aromatic rings. The number of nitrogens with zero attached hydrogens (tertiary/aromatic N) is 2. The van der Waals surface area contributed by atoms with Crippen LogP contribution in [0, 0.1) is 7.14 Å². The lowest BCUT2D eigenvalue weighted by molar-refractivity contribution is 0.111. The Labute approximate surface area is 181 Å². The highest BCUT2D eigenvalue weighted by molar-refractivity contribution is 14.1. The van der Waals surface area contributed by atoms with Crippen LogP contribution < -0.4 is 0 Å². The summed E-state index contributed by atoms with van der Waals surface area (Å²) >= 11 is 4.70. The Balaban J connectivity index is 1.98. The van der Waals surface area contributed by atoms with Gasteiger partial charge in [0.25, 0.3) is 0 Å². The van der Waals surface area contributed by atoms with Gasteiger partial charge in [-0.2, -0.15) is 0 Å². The smallest absolute Gasteiger partial charge is 0.0846 e. The third-order valence-electron chi connectivity index (χ3n) is 4.43. The normalized spacial score (nSPS) is 12.8. The van der Waals surface area contributed by atoms with Gasteiger partial charge in [0.2, 0.25) is 0 Å². The topological polar surface area (TPSA) is 28.4 Å². The number of aliphatic hydroxyl groups is 1. The van der Waals surface area contributed by atoms with Crippen molar-refractivity contribution in [3.05, 3.63) is 68.8 Å². The standard InChI is InChI=1S/C21H22I2N2O/c1-3-9-24(10-4-2)13-17(26)14-25-20-7-5-15(22)11-18(20)19-12-16(23)6-8-21(19)25/h3-8,11-12,17,26H,1-2,9-10,13-14H2/t17-/m0/s1. The molecule has 136 valence electrons. The van der Waals surface area contributed by atoms with Crippen molar-refractivity contribution in [2.75, 3.05) is 19.6 Å². The van der Waals surface area contributed by atoms with Gasteiger partial charge in [-0.1, -0.05) is 12.2 Å². The molecule has 0 amide bonds. The second kappa shape index (κ2) is 8.86. The Morgan fingerprint density at radius 3 is 1.92 bits per heavy atom. The molecule has 0 aliphatic carbocycles. The zero-order valence-corrected chi connectivity index (χ0v) is 18.9. The highest BCUT2D eigenvalue weighted by Crippen LogP contribution is 2.31. The predicted octanol–water partition coefficient (Wildman–Crippen LogP) is 5.04. The number of aliphatic hydroxyl groups excluding tert-OH is 1. The van der Waals surface area contributed by atoms with Crippen molar-refractivity contribution in [3.63, 3.8) is 0 Å². The van der Waals surface area contributed by atoms with Crippen LogP contribution in [0.5, 0.6) is 0 Å². The highest BCUT2D eigenvalue weighted by atomic mass is 127. The summed E-state index contributed by atoms with van der Waals surface area (Å²) in [6, 6.07) is 13.0. The lowest BCUT2D eigenvalue weighted by Gasteiger charge is -2.23. The Morgan fingerprint density at radius 1 is 0.962 bits per heavy atom. The minimum Gasteiger partial charge on any atom is -0.390 e. The van der Waals surface area contributed by atoms with Gasteiger partial charge in [0.1, 0.15) is 0 Å². The van der Waals surface area contributed by atoms with Crippen molar-refractivity contribution in [1.29, 1.82) is 0 Å². The first-order valence-electron chi connectivity index (χ1n) is 8.52. The van der Waals surface area contributed by atoms with Crippen LogP contribution in [-0.4, -0.2) is 40.3 Å². The number of benzene rings is 2. The molecule has 0 saturated carbocycles. The van der Waals surface area contributed by atoms with Crippen LogP contribution in [0.1, 0.15) is 0 Å². The summed E-state index contributed by atoms with van der Waals surface area (Å²) in [5.41, 5.74) is 2.33. The van der Waals surface area contributed by atoms with Gasteiger partial charge in [-0.25, -0.2) is 0 Å². The first-order valence-corrected chi connectivity index (χ1v) is 10.7. The summed E-state index contributed by atoms with van der Waals surface area (Å²) in [5.74, 6) is 0. The van der Waals surface area contributed by atoms with Gasteiger partial charge in [-0.05, 0) is 81.6 Å². The number of hydrogen-bond donors (Lipinski definition) is 1. The molecular weight excluding hydrogens is 550 g/mol. The molecule has 0 bridgehead atoms. The van der Waals surface area contributed by atoms with Crippen molar-refractivity contribution in [1.82, 2.24) is 9.47 Å². The van der Waals surface area contributed by atoms with E-state index < -0.39 is 6.10 Å². The van der Waals surface area contributed by atoms with E-state index in [-0.39, 0.29) is 0 Å². The van der Waals surface area contributed by atoms with Crippen LogP contribution >= 0.6 is 45.2 Å². The van der Waals surface area contributed by atoms with Gasteiger partial charge >= 0.3 is 0 Å². The summed E-state index contributed by atoms with van der Waals surface area (Å²) in [7, 11) is 0. The van der Waals surface area contributed by atoms with E-state index in [0.717, 1.165) is 13.1 Å². The van der Waals surface area contributed by atoms with Gasteiger partial charge in [0.15, 0.2) is 0 Å². The zero-order valence-electron chi connectivity index (χ0n) is 14.5. The molecule has 0 radical (unpaired) electrons. The van der Waals surface area contributed by atoms with Crippen LogP contribution in [-0.2, 0) is 6.54 Å². The van der Waals surface area contributed by atoms with Gasteiger partial charge in [-0.3, -0.25) is 4.90 Å². The van der Waals surface area contributed by atoms with Crippen LogP contribution in [0.25, 0.3) is 21.8 Å². The molecular formula is C21H22I2N2O. The average Bonchev–Trinajstić information content (AvgIpc) is 2.88. The summed E-state index contributed by atoms with van der Waals surface area (Å²) < 4.78 is 4.68. The van der Waals surface area contributed by atoms with Crippen molar-refractivity contribution in [2.45, 2.75) is 12.6 Å². The third-order valence-corrected chi connectivity index (χ3v) is 5.77. The lowest BCUT2D eigenvalue weighted by atomic mass is 10.2. The summed E-state index contributed by atoms with van der Waals surface area (Å²) in [6.45, 7) is 10.2. The first kappa shape index (κ1) is 19.9. The van der Waals surface area contributed by atoms with Crippen molar-refractivity contribution >= 4 is 67.0 Å². The maximum atomic E-state index is 10.7. The molecule has 1 atom stereocenters. The molecule has 0 fully saturated rings. The summed E-state index contributed by atoms with van der Waals surface area (Å²) in [6.07, 6.45) is 3.26.